The molecule has 80 valence electrons. The number of aliphatic hydroxyl groups is 1. The van der Waals surface area contributed by atoms with E-state index in [0.29, 0.717) is 5.56 Å². The lowest BCUT2D eigenvalue weighted by molar-refractivity contribution is -0.139. The summed E-state index contributed by atoms with van der Waals surface area (Å²) in [4.78, 5) is 22.3. The second-order valence-corrected chi connectivity index (χ2v) is 3.18. The molecule has 15 heavy (non-hydrogen) atoms. The van der Waals surface area contributed by atoms with Gasteiger partial charge in [0.1, 0.15) is 0 Å². The maximum Gasteiger partial charge on any atom is 0.345 e. The van der Waals surface area contributed by atoms with Crippen LogP contribution in [0.1, 0.15) is 23.7 Å². The standard InChI is InChI=1S/C11H12O4/c1-8(12)7-10(13)15-11(14)9-5-3-2-4-6-9/h2-6,8,12H,7H2,1H3. The quantitative estimate of drug-likeness (QED) is 0.597. The molecule has 1 aromatic carbocycles. The molecule has 0 spiro atoms. The third kappa shape index (κ3) is 3.91. The van der Waals surface area contributed by atoms with Gasteiger partial charge in [-0.2, -0.15) is 0 Å². The summed E-state index contributed by atoms with van der Waals surface area (Å²) < 4.78 is 4.51. The van der Waals surface area contributed by atoms with Crippen LogP contribution < -0.4 is 0 Å². The third-order valence-corrected chi connectivity index (χ3v) is 1.68. The van der Waals surface area contributed by atoms with Crippen LogP contribution in [0.25, 0.3) is 0 Å². The van der Waals surface area contributed by atoms with Crippen molar-refractivity contribution in [1.29, 1.82) is 0 Å². The van der Waals surface area contributed by atoms with E-state index in [1.165, 1.54) is 6.92 Å². The van der Waals surface area contributed by atoms with Gasteiger partial charge in [-0.15, -0.1) is 0 Å². The van der Waals surface area contributed by atoms with Crippen LogP contribution in [-0.2, 0) is 9.53 Å². The zero-order valence-electron chi connectivity index (χ0n) is 8.34. The Balaban J connectivity index is 2.53. The lowest BCUT2D eigenvalue weighted by atomic mass is 10.2. The monoisotopic (exact) mass is 208 g/mol. The molecular weight excluding hydrogens is 196 g/mol. The van der Waals surface area contributed by atoms with Crippen molar-refractivity contribution >= 4 is 11.9 Å². The van der Waals surface area contributed by atoms with Crippen LogP contribution in [0.4, 0.5) is 0 Å². The molecule has 4 heteroatoms. The molecule has 0 saturated heterocycles. The number of aliphatic hydroxyl groups excluding tert-OH is 1. The number of esters is 2. The molecule has 0 heterocycles. The van der Waals surface area contributed by atoms with E-state index in [4.69, 9.17) is 5.11 Å². The van der Waals surface area contributed by atoms with Crippen molar-refractivity contribution in [1.82, 2.24) is 0 Å². The van der Waals surface area contributed by atoms with Crippen molar-refractivity contribution in [3.05, 3.63) is 35.9 Å². The van der Waals surface area contributed by atoms with Crippen molar-refractivity contribution in [3.63, 3.8) is 0 Å². The summed E-state index contributed by atoms with van der Waals surface area (Å²) >= 11 is 0. The predicted octanol–water partition coefficient (Wildman–Crippen LogP) is 1.14. The first-order valence-electron chi connectivity index (χ1n) is 4.57. The van der Waals surface area contributed by atoms with Gasteiger partial charge in [0, 0.05) is 0 Å². The van der Waals surface area contributed by atoms with Crippen LogP contribution in [0, 0.1) is 0 Å². The number of ether oxygens (including phenoxy) is 1. The Morgan fingerprint density at radius 3 is 2.47 bits per heavy atom. The van der Waals surface area contributed by atoms with Gasteiger partial charge in [0.2, 0.25) is 0 Å². The molecule has 1 atom stereocenters. The SMILES string of the molecule is CC(O)CC(=O)OC(=O)c1ccccc1. The fourth-order valence-corrected chi connectivity index (χ4v) is 1.02. The Hall–Kier alpha value is -1.68. The molecule has 0 aliphatic carbocycles. The zero-order chi connectivity index (χ0) is 11.3. The smallest absolute Gasteiger partial charge is 0.345 e. The summed E-state index contributed by atoms with van der Waals surface area (Å²) in [5, 5.41) is 8.89. The third-order valence-electron chi connectivity index (χ3n) is 1.68. The van der Waals surface area contributed by atoms with E-state index in [2.05, 4.69) is 4.74 Å². The highest BCUT2D eigenvalue weighted by atomic mass is 16.6. The van der Waals surface area contributed by atoms with Crippen LogP contribution in [0.3, 0.4) is 0 Å². The minimum absolute atomic E-state index is 0.182. The van der Waals surface area contributed by atoms with Gasteiger partial charge in [-0.1, -0.05) is 18.2 Å². The molecular formula is C11H12O4. The molecule has 0 aliphatic heterocycles. The molecule has 0 amide bonds. The first kappa shape index (κ1) is 11.4. The number of carbonyl (C=O) groups is 2. The van der Waals surface area contributed by atoms with Crippen LogP contribution >= 0.6 is 0 Å². The molecule has 0 radical (unpaired) electrons. The Kier molecular flexibility index (Phi) is 4.00. The molecule has 0 aromatic heterocycles. The summed E-state index contributed by atoms with van der Waals surface area (Å²) in [6.45, 7) is 1.45. The van der Waals surface area contributed by atoms with Gasteiger partial charge in [-0.25, -0.2) is 4.79 Å². The van der Waals surface area contributed by atoms with Gasteiger partial charge >= 0.3 is 11.9 Å². The highest BCUT2D eigenvalue weighted by Gasteiger charge is 2.13. The van der Waals surface area contributed by atoms with Crippen molar-refractivity contribution in [2.24, 2.45) is 0 Å². The molecule has 1 unspecified atom stereocenters. The summed E-state index contributed by atoms with van der Waals surface area (Å²) in [5.41, 5.74) is 0.316. The van der Waals surface area contributed by atoms with Crippen molar-refractivity contribution in [2.75, 3.05) is 0 Å². The first-order chi connectivity index (χ1) is 7.09. The Labute approximate surface area is 87.5 Å². The number of hydrogen-bond donors (Lipinski definition) is 1. The topological polar surface area (TPSA) is 63.6 Å². The molecule has 0 bridgehead atoms. The molecule has 1 N–H and O–H groups in total. The maximum atomic E-state index is 11.3. The second-order valence-electron chi connectivity index (χ2n) is 3.18. The fraction of sp³-hybridized carbons (Fsp3) is 0.273. The number of benzene rings is 1. The Bertz CT molecular complexity index is 343. The average Bonchev–Trinajstić information content (AvgIpc) is 2.17. The highest BCUT2D eigenvalue weighted by Crippen LogP contribution is 2.03. The van der Waals surface area contributed by atoms with E-state index in [1.807, 2.05) is 0 Å². The van der Waals surface area contributed by atoms with Gasteiger partial charge in [-0.3, -0.25) is 4.79 Å². The van der Waals surface area contributed by atoms with Crippen LogP contribution in [0.5, 0.6) is 0 Å². The Morgan fingerprint density at radius 1 is 1.33 bits per heavy atom. The number of hydrogen-bond acceptors (Lipinski definition) is 4. The van der Waals surface area contributed by atoms with Crippen molar-refractivity contribution in [3.8, 4) is 0 Å². The molecule has 0 aliphatic rings. The van der Waals surface area contributed by atoms with Gasteiger partial charge in [-0.05, 0) is 19.1 Å². The van der Waals surface area contributed by atoms with E-state index in [0.717, 1.165) is 0 Å². The van der Waals surface area contributed by atoms with E-state index in [1.54, 1.807) is 30.3 Å². The van der Waals surface area contributed by atoms with E-state index in [-0.39, 0.29) is 6.42 Å². The summed E-state index contributed by atoms with van der Waals surface area (Å²) in [7, 11) is 0. The van der Waals surface area contributed by atoms with E-state index >= 15 is 0 Å². The second kappa shape index (κ2) is 5.26. The zero-order valence-corrected chi connectivity index (χ0v) is 8.34. The van der Waals surface area contributed by atoms with Crippen LogP contribution in [-0.4, -0.2) is 23.1 Å². The number of carbonyl (C=O) groups excluding carboxylic acids is 2. The maximum absolute atomic E-state index is 11.3. The highest BCUT2D eigenvalue weighted by molar-refractivity contribution is 5.96. The van der Waals surface area contributed by atoms with Gasteiger partial charge in [0.25, 0.3) is 0 Å². The predicted molar refractivity (Wildman–Crippen MR) is 53.2 cm³/mol. The lowest BCUT2D eigenvalue weighted by Crippen LogP contribution is -2.16. The van der Waals surface area contributed by atoms with Gasteiger partial charge < -0.3 is 9.84 Å². The van der Waals surface area contributed by atoms with Crippen LogP contribution in [0.2, 0.25) is 0 Å². The fourth-order valence-electron chi connectivity index (χ4n) is 1.02. The normalized spacial score (nSPS) is 11.9. The van der Waals surface area contributed by atoms with Crippen molar-refractivity contribution < 1.29 is 19.4 Å². The van der Waals surface area contributed by atoms with Gasteiger partial charge in [0.05, 0.1) is 18.1 Å². The number of rotatable bonds is 3. The molecule has 1 rings (SSSR count). The average molecular weight is 208 g/mol. The molecule has 4 nitrogen and oxygen atoms in total. The van der Waals surface area contributed by atoms with Crippen LogP contribution in [0.15, 0.2) is 30.3 Å². The molecule has 0 fully saturated rings. The Morgan fingerprint density at radius 2 is 1.93 bits per heavy atom. The molecule has 1 aromatic rings. The summed E-state index contributed by atoms with van der Waals surface area (Å²) in [6.07, 6.45) is -0.987. The van der Waals surface area contributed by atoms with E-state index < -0.39 is 18.0 Å². The van der Waals surface area contributed by atoms with E-state index in [9.17, 15) is 9.59 Å². The summed E-state index contributed by atoms with van der Waals surface area (Å²) in [6, 6.07) is 8.22. The van der Waals surface area contributed by atoms with Gasteiger partial charge in [0.15, 0.2) is 0 Å². The minimum atomic E-state index is -0.805. The van der Waals surface area contributed by atoms with Crippen molar-refractivity contribution in [2.45, 2.75) is 19.4 Å². The summed E-state index contributed by atoms with van der Waals surface area (Å²) in [5.74, 6) is -1.42. The lowest BCUT2D eigenvalue weighted by Gasteiger charge is -2.04. The molecule has 0 saturated carbocycles. The largest absolute Gasteiger partial charge is 0.393 e. The first-order valence-corrected chi connectivity index (χ1v) is 4.57. The minimum Gasteiger partial charge on any atom is -0.393 e.